The van der Waals surface area contributed by atoms with E-state index in [-0.39, 0.29) is 0 Å². The Balaban J connectivity index is 2.24. The normalized spacial score (nSPS) is 11.6. The van der Waals surface area contributed by atoms with Crippen LogP contribution in [0.2, 0.25) is 0 Å². The SMILES string of the molecule is Cc1nc(-c2ccsc2)sc1C(=O)NC(CO)(CO)CO. The molecular formula is C13H16N2O4S2. The smallest absolute Gasteiger partial charge is 0.263 e. The van der Waals surface area contributed by atoms with Crippen LogP contribution in [0.4, 0.5) is 0 Å². The monoisotopic (exact) mass is 328 g/mol. The molecule has 6 nitrogen and oxygen atoms in total. The van der Waals surface area contributed by atoms with Gasteiger partial charge < -0.3 is 20.6 Å². The van der Waals surface area contributed by atoms with Crippen LogP contribution in [0.1, 0.15) is 15.4 Å². The van der Waals surface area contributed by atoms with Crippen molar-refractivity contribution in [3.63, 3.8) is 0 Å². The maximum absolute atomic E-state index is 12.3. The van der Waals surface area contributed by atoms with Crippen molar-refractivity contribution in [2.75, 3.05) is 19.8 Å². The van der Waals surface area contributed by atoms with Crippen molar-refractivity contribution in [2.45, 2.75) is 12.5 Å². The highest BCUT2D eigenvalue weighted by atomic mass is 32.1. The van der Waals surface area contributed by atoms with Gasteiger partial charge in [0.15, 0.2) is 0 Å². The maximum atomic E-state index is 12.3. The molecule has 21 heavy (non-hydrogen) atoms. The first kappa shape index (κ1) is 16.1. The lowest BCUT2D eigenvalue weighted by atomic mass is 10.0. The van der Waals surface area contributed by atoms with Crippen LogP contribution < -0.4 is 5.32 Å². The van der Waals surface area contributed by atoms with Crippen LogP contribution in [0, 0.1) is 6.92 Å². The molecule has 1 amide bonds. The number of aromatic nitrogens is 1. The number of thiophene rings is 1. The number of carbonyl (C=O) groups is 1. The first-order chi connectivity index (χ1) is 10.0. The zero-order chi connectivity index (χ0) is 15.5. The summed E-state index contributed by atoms with van der Waals surface area (Å²) in [5.74, 6) is -0.469. The maximum Gasteiger partial charge on any atom is 0.263 e. The Labute approximate surface area is 129 Å². The average Bonchev–Trinajstić information content (AvgIpc) is 3.14. The number of hydrogen-bond donors (Lipinski definition) is 4. The van der Waals surface area contributed by atoms with E-state index in [0.717, 1.165) is 10.6 Å². The number of aryl methyl sites for hydroxylation is 1. The van der Waals surface area contributed by atoms with E-state index >= 15 is 0 Å². The van der Waals surface area contributed by atoms with Crippen LogP contribution in [0.3, 0.4) is 0 Å². The van der Waals surface area contributed by atoms with Crippen molar-refractivity contribution < 1.29 is 20.1 Å². The zero-order valence-electron chi connectivity index (χ0n) is 11.4. The van der Waals surface area contributed by atoms with Gasteiger partial charge in [0.1, 0.15) is 15.4 Å². The molecule has 0 unspecified atom stereocenters. The van der Waals surface area contributed by atoms with Gasteiger partial charge in [0.05, 0.1) is 25.5 Å². The second-order valence-electron chi connectivity index (χ2n) is 4.65. The Morgan fingerprint density at radius 3 is 2.52 bits per heavy atom. The molecule has 0 aliphatic carbocycles. The fourth-order valence-corrected chi connectivity index (χ4v) is 3.36. The number of aliphatic hydroxyl groups is 3. The van der Waals surface area contributed by atoms with E-state index in [9.17, 15) is 20.1 Å². The number of rotatable bonds is 6. The average molecular weight is 328 g/mol. The Bertz CT molecular complexity index is 597. The fraction of sp³-hybridized carbons (Fsp3) is 0.385. The summed E-state index contributed by atoms with van der Waals surface area (Å²) in [5, 5.41) is 34.8. The van der Waals surface area contributed by atoms with Crippen molar-refractivity contribution in [1.82, 2.24) is 10.3 Å². The number of aliphatic hydroxyl groups excluding tert-OH is 3. The van der Waals surface area contributed by atoms with E-state index in [0.29, 0.717) is 10.6 Å². The number of carbonyl (C=O) groups excluding carboxylic acids is 1. The summed E-state index contributed by atoms with van der Waals surface area (Å²) in [6, 6.07) is 1.92. The summed E-state index contributed by atoms with van der Waals surface area (Å²) in [7, 11) is 0. The first-order valence-corrected chi connectivity index (χ1v) is 7.96. The van der Waals surface area contributed by atoms with Gasteiger partial charge in [0.25, 0.3) is 5.91 Å². The van der Waals surface area contributed by atoms with E-state index in [1.807, 2.05) is 16.8 Å². The molecule has 0 saturated carbocycles. The number of amides is 1. The highest BCUT2D eigenvalue weighted by Gasteiger charge is 2.31. The van der Waals surface area contributed by atoms with Crippen molar-refractivity contribution in [2.24, 2.45) is 0 Å². The number of thiazole rings is 1. The Hall–Kier alpha value is -1.32. The molecule has 0 radical (unpaired) electrons. The lowest BCUT2D eigenvalue weighted by Crippen LogP contribution is -2.57. The molecule has 114 valence electrons. The highest BCUT2D eigenvalue weighted by Crippen LogP contribution is 2.29. The molecule has 0 aliphatic rings. The zero-order valence-corrected chi connectivity index (χ0v) is 13.0. The van der Waals surface area contributed by atoms with Crippen LogP contribution in [0.25, 0.3) is 10.6 Å². The molecule has 0 saturated heterocycles. The predicted octanol–water partition coefficient (Wildman–Crippen LogP) is 0.626. The van der Waals surface area contributed by atoms with Crippen molar-refractivity contribution in [3.8, 4) is 10.6 Å². The molecule has 2 aromatic heterocycles. The number of nitrogens with one attached hydrogen (secondary N) is 1. The summed E-state index contributed by atoms with van der Waals surface area (Å²) < 4.78 is 0. The van der Waals surface area contributed by atoms with Crippen LogP contribution in [-0.4, -0.2) is 51.6 Å². The lowest BCUT2D eigenvalue weighted by molar-refractivity contribution is 0.0377. The molecule has 2 rings (SSSR count). The second-order valence-corrected chi connectivity index (χ2v) is 6.43. The predicted molar refractivity (Wildman–Crippen MR) is 81.6 cm³/mol. The van der Waals surface area contributed by atoms with Gasteiger partial charge in [0.2, 0.25) is 0 Å². The van der Waals surface area contributed by atoms with Crippen molar-refractivity contribution in [3.05, 3.63) is 27.4 Å². The van der Waals surface area contributed by atoms with Gasteiger partial charge in [-0.1, -0.05) is 0 Å². The molecule has 0 aliphatic heterocycles. The molecular weight excluding hydrogens is 312 g/mol. The third-order valence-corrected chi connectivity index (χ3v) is 4.95. The molecule has 0 aromatic carbocycles. The van der Waals surface area contributed by atoms with E-state index in [1.165, 1.54) is 11.3 Å². The van der Waals surface area contributed by atoms with E-state index in [4.69, 9.17) is 0 Å². The summed E-state index contributed by atoms with van der Waals surface area (Å²) in [4.78, 5) is 17.0. The quantitative estimate of drug-likeness (QED) is 0.623. The minimum absolute atomic E-state index is 0.399. The Kier molecular flexibility index (Phi) is 5.07. The minimum Gasteiger partial charge on any atom is -0.394 e. The molecule has 0 atom stereocenters. The molecule has 2 heterocycles. The van der Waals surface area contributed by atoms with Crippen LogP contribution in [-0.2, 0) is 0 Å². The van der Waals surface area contributed by atoms with E-state index in [2.05, 4.69) is 10.3 Å². The Morgan fingerprint density at radius 2 is 2.00 bits per heavy atom. The fourth-order valence-electron chi connectivity index (χ4n) is 1.68. The second kappa shape index (κ2) is 6.63. The van der Waals surface area contributed by atoms with E-state index in [1.54, 1.807) is 18.3 Å². The van der Waals surface area contributed by atoms with E-state index < -0.39 is 31.3 Å². The Morgan fingerprint density at radius 1 is 1.33 bits per heavy atom. The van der Waals surface area contributed by atoms with Gasteiger partial charge in [-0.25, -0.2) is 4.98 Å². The minimum atomic E-state index is -1.43. The highest BCUT2D eigenvalue weighted by molar-refractivity contribution is 7.17. The lowest BCUT2D eigenvalue weighted by Gasteiger charge is -2.28. The first-order valence-electron chi connectivity index (χ1n) is 6.20. The third kappa shape index (κ3) is 3.30. The topological polar surface area (TPSA) is 103 Å². The summed E-state index contributed by atoms with van der Waals surface area (Å²) in [6.45, 7) is 0.0583. The number of hydrogen-bond acceptors (Lipinski definition) is 7. The van der Waals surface area contributed by atoms with Crippen LogP contribution >= 0.6 is 22.7 Å². The van der Waals surface area contributed by atoms with Gasteiger partial charge >= 0.3 is 0 Å². The summed E-state index contributed by atoms with van der Waals surface area (Å²) >= 11 is 2.78. The molecule has 4 N–H and O–H groups in total. The van der Waals surface area contributed by atoms with Gasteiger partial charge in [0, 0.05) is 10.9 Å². The molecule has 8 heteroatoms. The third-order valence-electron chi connectivity index (χ3n) is 3.06. The van der Waals surface area contributed by atoms with Gasteiger partial charge in [-0.2, -0.15) is 11.3 Å². The van der Waals surface area contributed by atoms with Gasteiger partial charge in [-0.15, -0.1) is 11.3 Å². The van der Waals surface area contributed by atoms with Crippen LogP contribution in [0.15, 0.2) is 16.8 Å². The largest absolute Gasteiger partial charge is 0.394 e. The molecule has 0 spiro atoms. The summed E-state index contributed by atoms with van der Waals surface area (Å²) in [6.07, 6.45) is 0. The molecule has 2 aromatic rings. The van der Waals surface area contributed by atoms with Crippen molar-refractivity contribution >= 4 is 28.6 Å². The standard InChI is InChI=1S/C13H16N2O4S2/c1-8-10(11(19)15-13(5-16,6-17)7-18)21-12(14-8)9-2-3-20-4-9/h2-4,16-18H,5-7H2,1H3,(H,15,19). The van der Waals surface area contributed by atoms with Gasteiger partial charge in [-0.05, 0) is 18.4 Å². The van der Waals surface area contributed by atoms with Gasteiger partial charge in [-0.3, -0.25) is 4.79 Å². The molecule has 0 fully saturated rings. The number of nitrogens with zero attached hydrogens (tertiary/aromatic N) is 1. The van der Waals surface area contributed by atoms with Crippen LogP contribution in [0.5, 0.6) is 0 Å². The van der Waals surface area contributed by atoms with Crippen molar-refractivity contribution in [1.29, 1.82) is 0 Å². The summed E-state index contributed by atoms with van der Waals surface area (Å²) in [5.41, 5.74) is 0.0853. The molecule has 0 bridgehead atoms.